The normalized spacial score (nSPS) is 22.1. The van der Waals surface area contributed by atoms with Crippen molar-refractivity contribution in [1.29, 1.82) is 0 Å². The Morgan fingerprint density at radius 1 is 1.24 bits per heavy atom. The molecule has 1 aliphatic carbocycles. The maximum absolute atomic E-state index is 11.7. The Balaban J connectivity index is 1.92. The second-order valence-electron chi connectivity index (χ2n) is 5.84. The highest BCUT2D eigenvalue weighted by molar-refractivity contribution is 8.18. The average molecular weight is 304 g/mol. The van der Waals surface area contributed by atoms with Gasteiger partial charge in [0.15, 0.2) is 0 Å². The molecule has 0 radical (unpaired) electrons. The second-order valence-corrected chi connectivity index (χ2v) is 6.86. The van der Waals surface area contributed by atoms with Crippen molar-refractivity contribution in [2.24, 2.45) is 0 Å². The van der Waals surface area contributed by atoms with Crippen LogP contribution in [0.4, 0.5) is 4.79 Å². The van der Waals surface area contributed by atoms with Crippen molar-refractivity contribution in [3.8, 4) is 0 Å². The first kappa shape index (κ1) is 14.4. The minimum atomic E-state index is -0.285. The number of amides is 2. The van der Waals surface area contributed by atoms with Gasteiger partial charge in [-0.15, -0.1) is 0 Å². The molecule has 21 heavy (non-hydrogen) atoms. The molecule has 2 heterocycles. The Hall–Kier alpha value is -1.49. The van der Waals surface area contributed by atoms with Crippen LogP contribution in [0.1, 0.15) is 55.1 Å². The minimum absolute atomic E-state index is 0.285. The topological polar surface area (TPSA) is 51.1 Å². The largest absolute Gasteiger partial charge is 0.346 e. The van der Waals surface area contributed by atoms with Crippen LogP contribution in [-0.2, 0) is 4.79 Å². The molecule has 0 spiro atoms. The van der Waals surface area contributed by atoms with Gasteiger partial charge in [0.2, 0.25) is 0 Å². The number of aryl methyl sites for hydroxylation is 1. The monoisotopic (exact) mass is 304 g/mol. The highest BCUT2D eigenvalue weighted by atomic mass is 32.2. The lowest BCUT2D eigenvalue weighted by Gasteiger charge is -2.26. The van der Waals surface area contributed by atoms with Crippen LogP contribution in [0, 0.1) is 13.8 Å². The van der Waals surface area contributed by atoms with E-state index in [1.807, 2.05) is 6.08 Å². The molecule has 2 aliphatic rings. The molecular formula is C16H20N2O2S. The summed E-state index contributed by atoms with van der Waals surface area (Å²) in [4.78, 5) is 23.4. The molecule has 4 nitrogen and oxygen atoms in total. The van der Waals surface area contributed by atoms with E-state index in [1.165, 1.54) is 43.5 Å². The number of hydrogen-bond acceptors (Lipinski definition) is 3. The molecule has 3 rings (SSSR count). The number of carbonyl (C=O) groups excluding carboxylic acids is 2. The Bertz CT molecular complexity index is 624. The highest BCUT2D eigenvalue weighted by Gasteiger charge is 2.26. The maximum atomic E-state index is 11.7. The number of carbonyl (C=O) groups is 2. The number of hydrogen-bond donors (Lipinski definition) is 1. The summed E-state index contributed by atoms with van der Waals surface area (Å²) in [6.07, 6.45) is 8.24. The molecule has 0 aromatic carbocycles. The van der Waals surface area contributed by atoms with E-state index in [2.05, 4.69) is 29.8 Å². The van der Waals surface area contributed by atoms with Crippen LogP contribution in [0.5, 0.6) is 0 Å². The summed E-state index contributed by atoms with van der Waals surface area (Å²) in [7, 11) is 0. The van der Waals surface area contributed by atoms with E-state index in [4.69, 9.17) is 0 Å². The zero-order valence-electron chi connectivity index (χ0n) is 12.4. The van der Waals surface area contributed by atoms with Crippen LogP contribution in [-0.4, -0.2) is 15.7 Å². The van der Waals surface area contributed by atoms with Crippen molar-refractivity contribution < 1.29 is 9.59 Å². The Labute approximate surface area is 129 Å². The standard InChI is InChI=1S/C16H20N2O2S/c1-10-8-12(9-14-15(19)17-16(20)21-14)11(2)18(10)13-6-4-3-5-7-13/h8-9,13H,3-7H2,1-2H3,(H,17,19,20)/b14-9+. The van der Waals surface area contributed by atoms with E-state index < -0.39 is 0 Å². The van der Waals surface area contributed by atoms with E-state index >= 15 is 0 Å². The van der Waals surface area contributed by atoms with Crippen LogP contribution in [0.2, 0.25) is 0 Å². The summed E-state index contributed by atoms with van der Waals surface area (Å²) < 4.78 is 2.41. The highest BCUT2D eigenvalue weighted by Crippen LogP contribution is 2.34. The Morgan fingerprint density at radius 2 is 1.95 bits per heavy atom. The van der Waals surface area contributed by atoms with Gasteiger partial charge in [0.1, 0.15) is 0 Å². The second kappa shape index (κ2) is 5.72. The van der Waals surface area contributed by atoms with Crippen LogP contribution in [0.25, 0.3) is 6.08 Å². The number of nitrogens with zero attached hydrogens (tertiary/aromatic N) is 1. The van der Waals surface area contributed by atoms with E-state index in [9.17, 15) is 9.59 Å². The first-order valence-electron chi connectivity index (χ1n) is 7.49. The summed E-state index contributed by atoms with van der Waals surface area (Å²) in [5.74, 6) is -0.285. The van der Waals surface area contributed by atoms with E-state index in [0.29, 0.717) is 10.9 Å². The fraction of sp³-hybridized carbons (Fsp3) is 0.500. The van der Waals surface area contributed by atoms with E-state index in [-0.39, 0.29) is 11.1 Å². The van der Waals surface area contributed by atoms with Gasteiger partial charge in [-0.05, 0) is 56.2 Å². The van der Waals surface area contributed by atoms with Gasteiger partial charge < -0.3 is 4.57 Å². The molecule has 1 saturated heterocycles. The number of nitrogens with one attached hydrogen (secondary N) is 1. The van der Waals surface area contributed by atoms with E-state index in [1.54, 1.807) is 0 Å². The molecule has 112 valence electrons. The fourth-order valence-corrected chi connectivity index (χ4v) is 4.09. The van der Waals surface area contributed by atoms with Crippen LogP contribution >= 0.6 is 11.8 Å². The third-order valence-electron chi connectivity index (χ3n) is 4.39. The summed E-state index contributed by atoms with van der Waals surface area (Å²) >= 11 is 0.980. The third-order valence-corrected chi connectivity index (χ3v) is 5.20. The fourth-order valence-electron chi connectivity index (χ4n) is 3.41. The average Bonchev–Trinajstić information content (AvgIpc) is 2.91. The Morgan fingerprint density at radius 3 is 2.57 bits per heavy atom. The molecule has 2 amide bonds. The SMILES string of the molecule is Cc1cc(/C=C2/SC(=O)NC2=O)c(C)n1C1CCCCC1. The first-order chi connectivity index (χ1) is 10.1. The van der Waals surface area contributed by atoms with E-state index in [0.717, 1.165) is 17.3 Å². The minimum Gasteiger partial charge on any atom is -0.346 e. The predicted octanol–water partition coefficient (Wildman–Crippen LogP) is 3.93. The van der Waals surface area contributed by atoms with Gasteiger partial charge in [0.05, 0.1) is 4.91 Å². The summed E-state index contributed by atoms with van der Waals surface area (Å²) in [5.41, 5.74) is 3.48. The molecule has 1 aromatic heterocycles. The van der Waals surface area contributed by atoms with Crippen LogP contribution in [0.15, 0.2) is 11.0 Å². The zero-order chi connectivity index (χ0) is 15.0. The molecule has 1 aromatic rings. The smallest absolute Gasteiger partial charge is 0.290 e. The molecule has 0 unspecified atom stereocenters. The predicted molar refractivity (Wildman–Crippen MR) is 85.1 cm³/mol. The molecule has 5 heteroatoms. The lowest BCUT2D eigenvalue weighted by Crippen LogP contribution is -2.17. The van der Waals surface area contributed by atoms with Gasteiger partial charge >= 0.3 is 0 Å². The number of imide groups is 1. The summed E-state index contributed by atoms with van der Waals surface area (Å²) in [6.45, 7) is 4.23. The van der Waals surface area contributed by atoms with Crippen LogP contribution < -0.4 is 5.32 Å². The molecule has 2 fully saturated rings. The maximum Gasteiger partial charge on any atom is 0.290 e. The van der Waals surface area contributed by atoms with Crippen molar-refractivity contribution in [2.75, 3.05) is 0 Å². The molecule has 0 atom stereocenters. The molecular weight excluding hydrogens is 284 g/mol. The summed E-state index contributed by atoms with van der Waals surface area (Å²) in [5, 5.41) is 2.02. The van der Waals surface area contributed by atoms with Crippen molar-refractivity contribution in [3.63, 3.8) is 0 Å². The van der Waals surface area contributed by atoms with Crippen LogP contribution in [0.3, 0.4) is 0 Å². The molecule has 1 N–H and O–H groups in total. The molecule has 0 bridgehead atoms. The van der Waals surface area contributed by atoms with Gasteiger partial charge in [-0.3, -0.25) is 14.9 Å². The molecule has 1 saturated carbocycles. The van der Waals surface area contributed by atoms with Gasteiger partial charge in [0.25, 0.3) is 11.1 Å². The van der Waals surface area contributed by atoms with Gasteiger partial charge in [0, 0.05) is 17.4 Å². The number of rotatable bonds is 2. The quantitative estimate of drug-likeness (QED) is 0.842. The first-order valence-corrected chi connectivity index (χ1v) is 8.31. The van der Waals surface area contributed by atoms with Crippen molar-refractivity contribution >= 4 is 29.0 Å². The lowest BCUT2D eigenvalue weighted by molar-refractivity contribution is -0.115. The van der Waals surface area contributed by atoms with Gasteiger partial charge in [-0.1, -0.05) is 19.3 Å². The Kier molecular flexibility index (Phi) is 3.93. The van der Waals surface area contributed by atoms with Crippen molar-refractivity contribution in [1.82, 2.24) is 9.88 Å². The molecule has 1 aliphatic heterocycles. The number of thioether (sulfide) groups is 1. The third kappa shape index (κ3) is 2.79. The van der Waals surface area contributed by atoms with Gasteiger partial charge in [-0.2, -0.15) is 0 Å². The number of aromatic nitrogens is 1. The van der Waals surface area contributed by atoms with Crippen molar-refractivity contribution in [3.05, 3.63) is 27.9 Å². The van der Waals surface area contributed by atoms with Crippen molar-refractivity contribution in [2.45, 2.75) is 52.0 Å². The van der Waals surface area contributed by atoms with Gasteiger partial charge in [-0.25, -0.2) is 0 Å². The summed E-state index contributed by atoms with van der Waals surface area (Å²) in [6, 6.07) is 2.70. The zero-order valence-corrected chi connectivity index (χ0v) is 13.3. The lowest BCUT2D eigenvalue weighted by atomic mass is 9.95.